The first kappa shape index (κ1) is 9.44. The first-order valence-electron chi connectivity index (χ1n) is 4.35. The van der Waals surface area contributed by atoms with E-state index in [4.69, 9.17) is 10.3 Å². The van der Waals surface area contributed by atoms with Crippen molar-refractivity contribution in [1.29, 1.82) is 0 Å². The van der Waals surface area contributed by atoms with Crippen molar-refractivity contribution in [1.82, 2.24) is 20.5 Å². The van der Waals surface area contributed by atoms with Gasteiger partial charge in [-0.3, -0.25) is 0 Å². The Balaban J connectivity index is 2.32. The summed E-state index contributed by atoms with van der Waals surface area (Å²) in [5, 5.41) is 10.7. The summed E-state index contributed by atoms with van der Waals surface area (Å²) in [4.78, 5) is 5.91. The van der Waals surface area contributed by atoms with Crippen LogP contribution in [0.3, 0.4) is 0 Å². The molecule has 2 N–H and O–H groups in total. The zero-order chi connectivity index (χ0) is 10.8. The van der Waals surface area contributed by atoms with Gasteiger partial charge in [0.15, 0.2) is 0 Å². The van der Waals surface area contributed by atoms with Crippen molar-refractivity contribution in [3.63, 3.8) is 0 Å². The van der Waals surface area contributed by atoms with Crippen LogP contribution >= 0.6 is 0 Å². The fourth-order valence-electron chi connectivity index (χ4n) is 0.952. The van der Waals surface area contributed by atoms with Crippen LogP contribution in [0, 0.1) is 0 Å². The number of nitrogen functional groups attached to an aromatic ring is 1. The molecule has 0 spiro atoms. The molecule has 8 nitrogen and oxygen atoms in total. The van der Waals surface area contributed by atoms with Gasteiger partial charge in [-0.15, -0.1) is 0 Å². The van der Waals surface area contributed by atoms with Gasteiger partial charge in [0, 0.05) is 13.6 Å². The van der Waals surface area contributed by atoms with Crippen molar-refractivity contribution >= 4 is 11.8 Å². The van der Waals surface area contributed by atoms with E-state index in [1.807, 2.05) is 18.9 Å². The lowest BCUT2D eigenvalue weighted by Gasteiger charge is -2.08. The topological polar surface area (TPSA) is 107 Å². The van der Waals surface area contributed by atoms with E-state index in [0.29, 0.717) is 5.95 Å². The molecule has 2 aromatic rings. The second-order valence-electron chi connectivity index (χ2n) is 2.91. The Morgan fingerprint density at radius 3 is 2.73 bits per heavy atom. The highest BCUT2D eigenvalue weighted by molar-refractivity contribution is 5.61. The summed E-state index contributed by atoms with van der Waals surface area (Å²) in [6.45, 7) is 2.74. The summed E-state index contributed by atoms with van der Waals surface area (Å²) in [7, 11) is 1.85. The molecule has 0 amide bonds. The van der Waals surface area contributed by atoms with E-state index >= 15 is 0 Å². The van der Waals surface area contributed by atoms with Crippen molar-refractivity contribution in [3.05, 3.63) is 0 Å². The Hall–Kier alpha value is -2.12. The van der Waals surface area contributed by atoms with Gasteiger partial charge in [-0.2, -0.15) is 4.98 Å². The van der Waals surface area contributed by atoms with Gasteiger partial charge >= 0.3 is 0 Å². The van der Waals surface area contributed by atoms with Crippen LogP contribution in [0.25, 0.3) is 11.6 Å². The molecule has 0 saturated carbocycles. The smallest absolute Gasteiger partial charge is 0.285 e. The Labute approximate surface area is 85.0 Å². The lowest BCUT2D eigenvalue weighted by molar-refractivity contribution is 0.308. The van der Waals surface area contributed by atoms with Gasteiger partial charge in [-0.05, 0) is 22.4 Å². The maximum absolute atomic E-state index is 5.48. The van der Waals surface area contributed by atoms with E-state index in [-0.39, 0.29) is 17.4 Å². The van der Waals surface area contributed by atoms with Crippen LogP contribution < -0.4 is 10.6 Å². The molecule has 0 fully saturated rings. The van der Waals surface area contributed by atoms with Crippen molar-refractivity contribution in [2.75, 3.05) is 24.2 Å². The molecule has 0 radical (unpaired) electrons. The summed E-state index contributed by atoms with van der Waals surface area (Å²) >= 11 is 0. The average molecular weight is 210 g/mol. The van der Waals surface area contributed by atoms with Gasteiger partial charge in [-0.1, -0.05) is 0 Å². The summed E-state index contributed by atoms with van der Waals surface area (Å²) in [5.74, 6) is 0.795. The van der Waals surface area contributed by atoms with E-state index in [0.717, 1.165) is 6.54 Å². The summed E-state index contributed by atoms with van der Waals surface area (Å²) in [6, 6.07) is 0. The molecule has 80 valence electrons. The third-order valence-corrected chi connectivity index (χ3v) is 1.95. The highest BCUT2D eigenvalue weighted by Crippen LogP contribution is 2.21. The van der Waals surface area contributed by atoms with Crippen LogP contribution in [0.15, 0.2) is 9.15 Å². The van der Waals surface area contributed by atoms with Crippen molar-refractivity contribution in [3.8, 4) is 11.6 Å². The van der Waals surface area contributed by atoms with Crippen LogP contribution in [0.4, 0.5) is 11.8 Å². The number of nitrogens with two attached hydrogens (primary N) is 1. The molecule has 0 bridgehead atoms. The molecule has 0 aliphatic rings. The first-order chi connectivity index (χ1) is 7.22. The summed E-state index contributed by atoms with van der Waals surface area (Å²) in [5.41, 5.74) is 5.74. The lowest BCUT2D eigenvalue weighted by atomic mass is 10.4. The predicted molar refractivity (Wildman–Crippen MR) is 50.9 cm³/mol. The zero-order valence-corrected chi connectivity index (χ0v) is 8.34. The Kier molecular flexibility index (Phi) is 2.24. The highest BCUT2D eigenvalue weighted by atomic mass is 16.6. The van der Waals surface area contributed by atoms with E-state index in [2.05, 4.69) is 25.1 Å². The fraction of sp³-hybridized carbons (Fsp3) is 0.429. The average Bonchev–Trinajstić information content (AvgIpc) is 2.84. The normalized spacial score (nSPS) is 10.5. The standard InChI is InChI=1S/C7H10N6O2/c1-3-13(2)7-9-6(14-12-7)4-5(8)11-15-10-4/h3H2,1-2H3,(H2,8,11). The molecule has 0 saturated heterocycles. The molecule has 0 aliphatic carbocycles. The van der Waals surface area contributed by atoms with Gasteiger partial charge in [-0.25, -0.2) is 4.63 Å². The van der Waals surface area contributed by atoms with Crippen LogP contribution in [-0.4, -0.2) is 34.0 Å². The van der Waals surface area contributed by atoms with Crippen LogP contribution in [-0.2, 0) is 0 Å². The van der Waals surface area contributed by atoms with Gasteiger partial charge in [0.25, 0.3) is 11.8 Å². The predicted octanol–water partition coefficient (Wildman–Crippen LogP) is 0.158. The molecule has 0 unspecified atom stereocenters. The van der Waals surface area contributed by atoms with E-state index in [1.54, 1.807) is 0 Å². The van der Waals surface area contributed by atoms with Crippen molar-refractivity contribution in [2.45, 2.75) is 6.92 Å². The molecule has 2 aromatic heterocycles. The molecule has 15 heavy (non-hydrogen) atoms. The fourth-order valence-corrected chi connectivity index (χ4v) is 0.952. The quantitative estimate of drug-likeness (QED) is 0.763. The number of rotatable bonds is 3. The van der Waals surface area contributed by atoms with Gasteiger partial charge < -0.3 is 15.2 Å². The molecule has 0 aromatic carbocycles. The molecule has 0 aliphatic heterocycles. The third kappa shape index (κ3) is 1.60. The van der Waals surface area contributed by atoms with Gasteiger partial charge in [0.1, 0.15) is 0 Å². The number of hydrogen-bond donors (Lipinski definition) is 1. The van der Waals surface area contributed by atoms with Crippen LogP contribution in [0.2, 0.25) is 0 Å². The first-order valence-corrected chi connectivity index (χ1v) is 4.35. The molecular weight excluding hydrogens is 200 g/mol. The Morgan fingerprint density at radius 1 is 1.33 bits per heavy atom. The summed E-state index contributed by atoms with van der Waals surface area (Å²) < 4.78 is 9.40. The largest absolute Gasteiger partial charge is 0.379 e. The number of anilines is 2. The van der Waals surface area contributed by atoms with Gasteiger partial charge in [0.2, 0.25) is 11.5 Å². The molecule has 0 atom stereocenters. The van der Waals surface area contributed by atoms with Crippen LogP contribution in [0.5, 0.6) is 0 Å². The maximum Gasteiger partial charge on any atom is 0.285 e. The zero-order valence-electron chi connectivity index (χ0n) is 8.34. The van der Waals surface area contributed by atoms with E-state index in [9.17, 15) is 0 Å². The van der Waals surface area contributed by atoms with Gasteiger partial charge in [0.05, 0.1) is 0 Å². The molecule has 2 heterocycles. The molecule has 8 heteroatoms. The second-order valence-corrected chi connectivity index (χ2v) is 2.91. The Bertz CT molecular complexity index is 450. The highest BCUT2D eigenvalue weighted by Gasteiger charge is 2.17. The minimum absolute atomic E-state index is 0.129. The minimum atomic E-state index is 0.129. The third-order valence-electron chi connectivity index (χ3n) is 1.95. The number of hydrogen-bond acceptors (Lipinski definition) is 8. The number of aromatic nitrogens is 4. The lowest BCUT2D eigenvalue weighted by Crippen LogP contribution is -2.16. The SMILES string of the molecule is CCN(C)c1noc(-c2nonc2N)n1. The van der Waals surface area contributed by atoms with Crippen LogP contribution in [0.1, 0.15) is 6.92 Å². The van der Waals surface area contributed by atoms with E-state index in [1.165, 1.54) is 0 Å². The monoisotopic (exact) mass is 210 g/mol. The summed E-state index contributed by atoms with van der Waals surface area (Å²) in [6.07, 6.45) is 0. The minimum Gasteiger partial charge on any atom is -0.379 e. The number of nitrogens with zero attached hydrogens (tertiary/aromatic N) is 5. The molecule has 2 rings (SSSR count). The molecular formula is C7H10N6O2. The van der Waals surface area contributed by atoms with E-state index < -0.39 is 0 Å². The Morgan fingerprint density at radius 2 is 2.13 bits per heavy atom. The second kappa shape index (κ2) is 3.56. The van der Waals surface area contributed by atoms with Crippen molar-refractivity contribution in [2.24, 2.45) is 0 Å². The van der Waals surface area contributed by atoms with Crippen molar-refractivity contribution < 1.29 is 9.15 Å². The maximum atomic E-state index is 5.48.